The van der Waals surface area contributed by atoms with E-state index in [1.54, 1.807) is 12.1 Å². The first-order valence-electron chi connectivity index (χ1n) is 8.78. The molecule has 0 bridgehead atoms. The number of amides is 1. The van der Waals surface area contributed by atoms with Crippen LogP contribution in [-0.2, 0) is 9.31 Å². The summed E-state index contributed by atoms with van der Waals surface area (Å²) in [7, 11) is -0.481. The summed E-state index contributed by atoms with van der Waals surface area (Å²) in [6, 6.07) is 5.72. The molecule has 2 saturated heterocycles. The Labute approximate surface area is 167 Å². The van der Waals surface area contributed by atoms with Gasteiger partial charge in [-0.15, -0.1) is 12.4 Å². The molecule has 1 unspecified atom stereocenters. The maximum absolute atomic E-state index is 12.8. The first kappa shape index (κ1) is 21.5. The van der Waals surface area contributed by atoms with Crippen LogP contribution in [0.5, 0.6) is 0 Å². The second-order valence-corrected chi connectivity index (χ2v) is 8.34. The van der Waals surface area contributed by atoms with Crippen molar-refractivity contribution in [3.63, 3.8) is 0 Å². The first-order chi connectivity index (χ1) is 11.6. The Balaban J connectivity index is 0.00000243. The predicted molar refractivity (Wildman–Crippen MR) is 108 cm³/mol. The van der Waals surface area contributed by atoms with Crippen molar-refractivity contribution >= 4 is 42.5 Å². The molecule has 144 valence electrons. The number of carbonyl (C=O) groups excluding carboxylic acids is 1. The van der Waals surface area contributed by atoms with Crippen molar-refractivity contribution in [2.45, 2.75) is 51.9 Å². The normalized spacial score (nSPS) is 24.3. The number of nitrogens with one attached hydrogen (secondary N) is 1. The van der Waals surface area contributed by atoms with Gasteiger partial charge in [-0.1, -0.05) is 17.7 Å². The van der Waals surface area contributed by atoms with Gasteiger partial charge in [0, 0.05) is 25.7 Å². The Morgan fingerprint density at radius 3 is 2.42 bits per heavy atom. The van der Waals surface area contributed by atoms with Gasteiger partial charge in [-0.05, 0) is 52.2 Å². The minimum Gasteiger partial charge on any atom is -0.399 e. The summed E-state index contributed by atoms with van der Waals surface area (Å²) in [6.07, 6.45) is 0. The topological polar surface area (TPSA) is 50.8 Å². The highest BCUT2D eigenvalue weighted by atomic mass is 35.5. The zero-order valence-electron chi connectivity index (χ0n) is 16.0. The molecule has 1 atom stereocenters. The van der Waals surface area contributed by atoms with Crippen LogP contribution in [0.1, 0.15) is 45.0 Å². The fraction of sp³-hybridized carbons (Fsp3) is 0.611. The summed E-state index contributed by atoms with van der Waals surface area (Å²) < 4.78 is 12.1. The molecule has 5 nitrogen and oxygen atoms in total. The van der Waals surface area contributed by atoms with E-state index in [2.05, 4.69) is 12.2 Å². The molecule has 8 heteroatoms. The standard InChI is InChI=1S/C18H26BClN2O3.ClH/c1-12-11-22(9-8-21-12)16(23)14-7-6-13(10-15(14)20)19-24-17(2,3)18(4,5)25-19;/h6-7,10,12,21H,8-9,11H2,1-5H3;1H. The lowest BCUT2D eigenvalue weighted by atomic mass is 9.79. The predicted octanol–water partition coefficient (Wildman–Crippen LogP) is 2.49. The van der Waals surface area contributed by atoms with Gasteiger partial charge in [0.05, 0.1) is 21.8 Å². The Hall–Kier alpha value is -0.785. The van der Waals surface area contributed by atoms with Gasteiger partial charge in [-0.3, -0.25) is 4.79 Å². The number of piperazine rings is 1. The fourth-order valence-corrected chi connectivity index (χ4v) is 3.39. The Morgan fingerprint density at radius 1 is 1.27 bits per heavy atom. The molecule has 0 aromatic heterocycles. The van der Waals surface area contributed by atoms with E-state index in [1.807, 2.05) is 38.7 Å². The van der Waals surface area contributed by atoms with Crippen LogP contribution < -0.4 is 10.8 Å². The molecule has 1 N–H and O–H groups in total. The van der Waals surface area contributed by atoms with Crippen molar-refractivity contribution in [2.75, 3.05) is 19.6 Å². The van der Waals surface area contributed by atoms with Gasteiger partial charge in [0.15, 0.2) is 0 Å². The van der Waals surface area contributed by atoms with E-state index >= 15 is 0 Å². The van der Waals surface area contributed by atoms with Gasteiger partial charge < -0.3 is 19.5 Å². The molecule has 26 heavy (non-hydrogen) atoms. The van der Waals surface area contributed by atoms with Crippen molar-refractivity contribution < 1.29 is 14.1 Å². The quantitative estimate of drug-likeness (QED) is 0.775. The summed E-state index contributed by atoms with van der Waals surface area (Å²) in [6.45, 7) is 12.3. The van der Waals surface area contributed by atoms with Gasteiger partial charge in [0.25, 0.3) is 5.91 Å². The second kappa shape index (κ2) is 7.68. The van der Waals surface area contributed by atoms with Crippen LogP contribution in [0.3, 0.4) is 0 Å². The fourth-order valence-electron chi connectivity index (χ4n) is 3.12. The number of carbonyl (C=O) groups is 1. The smallest absolute Gasteiger partial charge is 0.399 e. The van der Waals surface area contributed by atoms with Crippen molar-refractivity contribution in [2.24, 2.45) is 0 Å². The van der Waals surface area contributed by atoms with Gasteiger partial charge in [0.1, 0.15) is 0 Å². The molecule has 2 aliphatic rings. The maximum atomic E-state index is 12.8. The molecule has 0 saturated carbocycles. The molecule has 2 fully saturated rings. The monoisotopic (exact) mass is 400 g/mol. The lowest BCUT2D eigenvalue weighted by Crippen LogP contribution is -2.51. The minimum absolute atomic E-state index is 0. The lowest BCUT2D eigenvalue weighted by Gasteiger charge is -2.32. The number of rotatable bonds is 2. The van der Waals surface area contributed by atoms with Crippen LogP contribution in [0.2, 0.25) is 5.02 Å². The van der Waals surface area contributed by atoms with Crippen LogP contribution in [0.4, 0.5) is 0 Å². The third-order valence-electron chi connectivity index (χ3n) is 5.40. The van der Waals surface area contributed by atoms with Crippen molar-refractivity contribution in [1.29, 1.82) is 0 Å². The molecule has 3 rings (SSSR count). The molecule has 0 spiro atoms. The van der Waals surface area contributed by atoms with Crippen LogP contribution in [0, 0.1) is 0 Å². The number of hydrogen-bond donors (Lipinski definition) is 1. The lowest BCUT2D eigenvalue weighted by molar-refractivity contribution is 0.00578. The van der Waals surface area contributed by atoms with E-state index in [0.717, 1.165) is 12.0 Å². The second-order valence-electron chi connectivity index (χ2n) is 7.93. The minimum atomic E-state index is -0.481. The van der Waals surface area contributed by atoms with Crippen LogP contribution in [0.25, 0.3) is 0 Å². The highest BCUT2D eigenvalue weighted by molar-refractivity contribution is 6.62. The van der Waals surface area contributed by atoms with Crippen molar-refractivity contribution in [3.05, 3.63) is 28.8 Å². The third kappa shape index (κ3) is 4.05. The molecular formula is C18H27BCl2N2O3. The van der Waals surface area contributed by atoms with Gasteiger partial charge in [-0.2, -0.15) is 0 Å². The molecule has 0 radical (unpaired) electrons. The van der Waals surface area contributed by atoms with Gasteiger partial charge in [0.2, 0.25) is 0 Å². The van der Waals surface area contributed by atoms with E-state index in [1.165, 1.54) is 0 Å². The number of halogens is 2. The highest BCUT2D eigenvalue weighted by Crippen LogP contribution is 2.36. The summed E-state index contributed by atoms with van der Waals surface area (Å²) >= 11 is 6.43. The first-order valence-corrected chi connectivity index (χ1v) is 9.16. The zero-order valence-corrected chi connectivity index (χ0v) is 17.5. The molecule has 1 aromatic carbocycles. The highest BCUT2D eigenvalue weighted by Gasteiger charge is 2.51. The summed E-state index contributed by atoms with van der Waals surface area (Å²) in [5, 5.41) is 3.77. The summed E-state index contributed by atoms with van der Waals surface area (Å²) in [4.78, 5) is 14.6. The Bertz CT molecular complexity index is 668. The molecule has 2 heterocycles. The van der Waals surface area contributed by atoms with Gasteiger partial charge in [-0.25, -0.2) is 0 Å². The van der Waals surface area contributed by atoms with Crippen molar-refractivity contribution in [1.82, 2.24) is 10.2 Å². The molecule has 1 aromatic rings. The SMILES string of the molecule is CC1CN(C(=O)c2ccc(B3OC(C)(C)C(C)(C)O3)cc2Cl)CCN1.Cl. The zero-order chi connectivity index (χ0) is 18.4. The van der Waals surface area contributed by atoms with E-state index < -0.39 is 18.3 Å². The number of benzene rings is 1. The van der Waals surface area contributed by atoms with E-state index in [-0.39, 0.29) is 18.3 Å². The van der Waals surface area contributed by atoms with E-state index in [0.29, 0.717) is 29.7 Å². The molecule has 1 amide bonds. The molecule has 0 aliphatic carbocycles. The largest absolute Gasteiger partial charge is 0.494 e. The number of hydrogen-bond acceptors (Lipinski definition) is 4. The average molecular weight is 401 g/mol. The molecular weight excluding hydrogens is 374 g/mol. The number of nitrogens with zero attached hydrogens (tertiary/aromatic N) is 1. The van der Waals surface area contributed by atoms with Crippen LogP contribution in [0.15, 0.2) is 18.2 Å². The van der Waals surface area contributed by atoms with Crippen LogP contribution in [-0.4, -0.2) is 54.8 Å². The van der Waals surface area contributed by atoms with Gasteiger partial charge >= 0.3 is 7.12 Å². The third-order valence-corrected chi connectivity index (χ3v) is 5.72. The summed E-state index contributed by atoms with van der Waals surface area (Å²) in [5.74, 6) is -0.0289. The Morgan fingerprint density at radius 2 is 1.88 bits per heavy atom. The van der Waals surface area contributed by atoms with E-state index in [9.17, 15) is 4.79 Å². The van der Waals surface area contributed by atoms with Crippen molar-refractivity contribution in [3.8, 4) is 0 Å². The molecule has 2 aliphatic heterocycles. The maximum Gasteiger partial charge on any atom is 0.494 e. The van der Waals surface area contributed by atoms with Crippen LogP contribution >= 0.6 is 24.0 Å². The Kier molecular flexibility index (Phi) is 6.36. The summed E-state index contributed by atoms with van der Waals surface area (Å²) in [5.41, 5.74) is 0.537. The van der Waals surface area contributed by atoms with E-state index in [4.69, 9.17) is 20.9 Å². The average Bonchev–Trinajstić information content (AvgIpc) is 2.75.